The molecule has 3 nitrogen and oxygen atoms in total. The summed E-state index contributed by atoms with van der Waals surface area (Å²) in [6.07, 6.45) is 0. The lowest BCUT2D eigenvalue weighted by molar-refractivity contribution is 0.216. The monoisotopic (exact) mass is 353 g/mol. The van der Waals surface area contributed by atoms with Crippen LogP contribution < -0.4 is 14.8 Å². The molecular formula is C16H17BrFNO2. The van der Waals surface area contributed by atoms with E-state index in [0.717, 1.165) is 17.9 Å². The summed E-state index contributed by atoms with van der Waals surface area (Å²) in [6.45, 7) is 1.61. The molecule has 5 heteroatoms. The fourth-order valence-electron chi connectivity index (χ4n) is 1.85. The molecule has 0 aromatic heterocycles. The number of halogens is 2. The first-order valence-corrected chi connectivity index (χ1v) is 7.42. The summed E-state index contributed by atoms with van der Waals surface area (Å²) < 4.78 is 24.7. The van der Waals surface area contributed by atoms with Gasteiger partial charge in [0.2, 0.25) is 0 Å². The molecule has 0 saturated heterocycles. The number of ether oxygens (including phenoxy) is 2. The Bertz CT molecular complexity index is 592. The molecule has 0 aliphatic heterocycles. The smallest absolute Gasteiger partial charge is 0.133 e. The van der Waals surface area contributed by atoms with Crippen molar-refractivity contribution in [2.75, 3.05) is 20.3 Å². The Morgan fingerprint density at radius 2 is 1.90 bits per heavy atom. The molecule has 0 radical (unpaired) electrons. The van der Waals surface area contributed by atoms with Crippen molar-refractivity contribution >= 4 is 15.9 Å². The molecule has 2 aromatic rings. The van der Waals surface area contributed by atoms with Crippen LogP contribution in [0.2, 0.25) is 0 Å². The van der Waals surface area contributed by atoms with Gasteiger partial charge in [-0.1, -0.05) is 12.1 Å². The summed E-state index contributed by atoms with van der Waals surface area (Å²) >= 11 is 3.26. The molecule has 0 aliphatic rings. The molecule has 0 spiro atoms. The van der Waals surface area contributed by atoms with Crippen molar-refractivity contribution in [3.8, 4) is 11.5 Å². The average Bonchev–Trinajstić information content (AvgIpc) is 2.46. The molecule has 0 heterocycles. The van der Waals surface area contributed by atoms with Crippen LogP contribution in [-0.2, 0) is 6.54 Å². The fraction of sp³-hybridized carbons (Fsp3) is 0.250. The van der Waals surface area contributed by atoms with Gasteiger partial charge in [-0.05, 0) is 58.9 Å². The zero-order valence-corrected chi connectivity index (χ0v) is 13.3. The molecule has 0 bridgehead atoms. The van der Waals surface area contributed by atoms with E-state index in [1.807, 2.05) is 31.3 Å². The van der Waals surface area contributed by atoms with Crippen molar-refractivity contribution in [2.45, 2.75) is 6.54 Å². The second-order valence-corrected chi connectivity index (χ2v) is 5.30. The Labute approximate surface area is 132 Å². The Morgan fingerprint density at radius 3 is 2.67 bits per heavy atom. The Hall–Kier alpha value is -1.59. The maximum atomic E-state index is 12.9. The highest BCUT2D eigenvalue weighted by atomic mass is 79.9. The molecule has 0 amide bonds. The summed E-state index contributed by atoms with van der Waals surface area (Å²) in [4.78, 5) is 0. The van der Waals surface area contributed by atoms with Crippen LogP contribution in [0.15, 0.2) is 46.9 Å². The summed E-state index contributed by atoms with van der Waals surface area (Å²) in [5, 5.41) is 3.09. The molecule has 0 aliphatic carbocycles. The van der Waals surface area contributed by atoms with E-state index in [1.165, 1.54) is 12.1 Å². The molecule has 1 N–H and O–H groups in total. The predicted octanol–water partition coefficient (Wildman–Crippen LogP) is 3.77. The first-order valence-electron chi connectivity index (χ1n) is 6.63. The van der Waals surface area contributed by atoms with Gasteiger partial charge in [0.05, 0.1) is 4.47 Å². The third kappa shape index (κ3) is 5.02. The fourth-order valence-corrected chi connectivity index (χ4v) is 2.32. The van der Waals surface area contributed by atoms with E-state index in [0.29, 0.717) is 23.4 Å². The third-order valence-corrected chi connectivity index (χ3v) is 3.40. The highest BCUT2D eigenvalue weighted by Gasteiger charge is 2.03. The molecule has 112 valence electrons. The van der Waals surface area contributed by atoms with Crippen LogP contribution in [0.1, 0.15) is 5.56 Å². The van der Waals surface area contributed by atoms with Gasteiger partial charge >= 0.3 is 0 Å². The third-order valence-electron chi connectivity index (χ3n) is 2.78. The lowest BCUT2D eigenvalue weighted by atomic mass is 10.2. The number of benzene rings is 2. The molecule has 0 unspecified atom stereocenters. The van der Waals surface area contributed by atoms with Gasteiger partial charge < -0.3 is 14.8 Å². The Morgan fingerprint density at radius 1 is 1.10 bits per heavy atom. The van der Waals surface area contributed by atoms with Gasteiger partial charge in [0.25, 0.3) is 0 Å². The Balaban J connectivity index is 1.80. The van der Waals surface area contributed by atoms with Gasteiger partial charge in [-0.15, -0.1) is 0 Å². The maximum absolute atomic E-state index is 12.9. The second-order valence-electron chi connectivity index (χ2n) is 4.45. The van der Waals surface area contributed by atoms with Crippen LogP contribution in [0.4, 0.5) is 4.39 Å². The summed E-state index contributed by atoms with van der Waals surface area (Å²) in [7, 11) is 1.90. The van der Waals surface area contributed by atoms with E-state index in [2.05, 4.69) is 21.2 Å². The van der Waals surface area contributed by atoms with E-state index in [1.54, 1.807) is 6.07 Å². The molecule has 2 aromatic carbocycles. The highest BCUT2D eigenvalue weighted by molar-refractivity contribution is 9.10. The van der Waals surface area contributed by atoms with Crippen LogP contribution >= 0.6 is 15.9 Å². The summed E-state index contributed by atoms with van der Waals surface area (Å²) in [5.41, 5.74) is 1.16. The molecule has 0 fully saturated rings. The predicted molar refractivity (Wildman–Crippen MR) is 84.3 cm³/mol. The van der Waals surface area contributed by atoms with Crippen molar-refractivity contribution < 1.29 is 13.9 Å². The second kappa shape index (κ2) is 8.00. The zero-order chi connectivity index (χ0) is 15.1. The van der Waals surface area contributed by atoms with Crippen LogP contribution in [0.3, 0.4) is 0 Å². The first-order chi connectivity index (χ1) is 10.2. The summed E-state index contributed by atoms with van der Waals surface area (Å²) in [5.74, 6) is 1.11. The van der Waals surface area contributed by atoms with E-state index in [4.69, 9.17) is 9.47 Å². The van der Waals surface area contributed by atoms with Crippen LogP contribution in [0.25, 0.3) is 0 Å². The molecule has 2 rings (SSSR count). The standard InChI is InChI=1S/C16H17BrFNO2/c1-19-11-12-3-2-4-14(9-12)20-7-8-21-16-6-5-13(18)10-15(16)17/h2-6,9-10,19H,7-8,11H2,1H3. The van der Waals surface area contributed by atoms with Crippen LogP contribution in [0, 0.1) is 5.82 Å². The minimum Gasteiger partial charge on any atom is -0.490 e. The van der Waals surface area contributed by atoms with Crippen molar-refractivity contribution in [3.63, 3.8) is 0 Å². The minimum absolute atomic E-state index is 0.299. The molecular weight excluding hydrogens is 337 g/mol. The van der Waals surface area contributed by atoms with Gasteiger partial charge in [0.1, 0.15) is 30.5 Å². The summed E-state index contributed by atoms with van der Waals surface area (Å²) in [6, 6.07) is 12.2. The number of nitrogens with one attached hydrogen (secondary N) is 1. The topological polar surface area (TPSA) is 30.5 Å². The molecule has 0 atom stereocenters. The lowest BCUT2D eigenvalue weighted by Gasteiger charge is -2.10. The first kappa shape index (κ1) is 15.8. The van der Waals surface area contributed by atoms with Crippen molar-refractivity contribution in [1.29, 1.82) is 0 Å². The minimum atomic E-state index is -0.299. The van der Waals surface area contributed by atoms with Crippen LogP contribution in [0.5, 0.6) is 11.5 Å². The number of rotatable bonds is 7. The lowest BCUT2D eigenvalue weighted by Crippen LogP contribution is -2.10. The van der Waals surface area contributed by atoms with Gasteiger partial charge in [-0.3, -0.25) is 0 Å². The highest BCUT2D eigenvalue weighted by Crippen LogP contribution is 2.25. The normalized spacial score (nSPS) is 10.4. The SMILES string of the molecule is CNCc1cccc(OCCOc2ccc(F)cc2Br)c1. The number of hydrogen-bond acceptors (Lipinski definition) is 3. The largest absolute Gasteiger partial charge is 0.490 e. The van der Waals surface area contributed by atoms with E-state index in [9.17, 15) is 4.39 Å². The number of hydrogen-bond donors (Lipinski definition) is 1. The Kier molecular flexibility index (Phi) is 6.02. The van der Waals surface area contributed by atoms with Gasteiger partial charge in [0.15, 0.2) is 0 Å². The van der Waals surface area contributed by atoms with E-state index >= 15 is 0 Å². The van der Waals surface area contributed by atoms with Gasteiger partial charge in [-0.25, -0.2) is 4.39 Å². The van der Waals surface area contributed by atoms with Crippen molar-refractivity contribution in [1.82, 2.24) is 5.32 Å². The molecule has 0 saturated carbocycles. The van der Waals surface area contributed by atoms with Gasteiger partial charge in [0, 0.05) is 6.54 Å². The van der Waals surface area contributed by atoms with Crippen molar-refractivity contribution in [3.05, 3.63) is 58.3 Å². The van der Waals surface area contributed by atoms with E-state index in [-0.39, 0.29) is 5.82 Å². The average molecular weight is 354 g/mol. The van der Waals surface area contributed by atoms with Gasteiger partial charge in [-0.2, -0.15) is 0 Å². The van der Waals surface area contributed by atoms with Crippen molar-refractivity contribution in [2.24, 2.45) is 0 Å². The molecule has 21 heavy (non-hydrogen) atoms. The van der Waals surface area contributed by atoms with E-state index < -0.39 is 0 Å². The van der Waals surface area contributed by atoms with Crippen LogP contribution in [-0.4, -0.2) is 20.3 Å². The zero-order valence-electron chi connectivity index (χ0n) is 11.7. The quantitative estimate of drug-likeness (QED) is 0.768. The maximum Gasteiger partial charge on any atom is 0.133 e.